The highest BCUT2D eigenvalue weighted by Gasteiger charge is 2.21. The van der Waals surface area contributed by atoms with E-state index in [9.17, 15) is 19.0 Å². The first kappa shape index (κ1) is 54.8. The number of carbonyl (C=O) groups is 2. The molecule has 0 bridgehead atoms. The van der Waals surface area contributed by atoms with Crippen molar-refractivity contribution >= 4 is 19.8 Å². The molecule has 10 heteroatoms. The van der Waals surface area contributed by atoms with Crippen molar-refractivity contribution in [2.24, 2.45) is 0 Å². The standard InChI is InChI=1S/C46H90NO8P/c1-6-8-10-12-14-16-18-20-21-22-23-24-25-27-28-30-32-34-36-38-45(48)52-42-44(43-54-56(50,51)53-41-40-47(3,4)5)55-46(49)39-37-35-33-31-29-26-19-17-15-13-11-9-7-2/h17,19,44H,6-16,18,20-43H2,1-5H3/b19-17-/t44-/m1/s1. The van der Waals surface area contributed by atoms with Gasteiger partial charge in [0.1, 0.15) is 19.8 Å². The highest BCUT2D eigenvalue weighted by Crippen LogP contribution is 2.38. The average molecular weight is 816 g/mol. The van der Waals surface area contributed by atoms with E-state index in [-0.39, 0.29) is 32.0 Å². The summed E-state index contributed by atoms with van der Waals surface area (Å²) in [5.74, 6) is -0.833. The van der Waals surface area contributed by atoms with Crippen LogP contribution in [0.2, 0.25) is 0 Å². The maximum absolute atomic E-state index is 12.7. The summed E-state index contributed by atoms with van der Waals surface area (Å²) in [6.45, 7) is 4.23. The Kier molecular flexibility index (Phi) is 38.3. The van der Waals surface area contributed by atoms with Crippen LogP contribution in [-0.4, -0.2) is 70.0 Å². The van der Waals surface area contributed by atoms with Gasteiger partial charge in [0.25, 0.3) is 7.82 Å². The second-order valence-electron chi connectivity index (χ2n) is 17.1. The number of hydrogen-bond acceptors (Lipinski definition) is 8. The van der Waals surface area contributed by atoms with Gasteiger partial charge in [-0.3, -0.25) is 14.2 Å². The molecule has 0 N–H and O–H groups in total. The van der Waals surface area contributed by atoms with Crippen molar-refractivity contribution in [1.82, 2.24) is 0 Å². The Labute approximate surface area is 346 Å². The lowest BCUT2D eigenvalue weighted by molar-refractivity contribution is -0.870. The quantitative estimate of drug-likeness (QED) is 0.0197. The van der Waals surface area contributed by atoms with Crippen molar-refractivity contribution in [1.29, 1.82) is 0 Å². The molecule has 0 saturated heterocycles. The zero-order valence-electron chi connectivity index (χ0n) is 37.3. The van der Waals surface area contributed by atoms with Crippen LogP contribution in [0, 0.1) is 0 Å². The molecule has 0 aliphatic carbocycles. The topological polar surface area (TPSA) is 111 Å². The van der Waals surface area contributed by atoms with E-state index in [1.165, 1.54) is 135 Å². The fraction of sp³-hybridized carbons (Fsp3) is 0.913. The van der Waals surface area contributed by atoms with Crippen LogP contribution in [-0.2, 0) is 32.7 Å². The smallest absolute Gasteiger partial charge is 0.306 e. The zero-order valence-corrected chi connectivity index (χ0v) is 38.2. The predicted octanol–water partition coefficient (Wildman–Crippen LogP) is 12.7. The molecule has 0 aliphatic rings. The van der Waals surface area contributed by atoms with Crippen molar-refractivity contribution in [3.8, 4) is 0 Å². The fourth-order valence-corrected chi connectivity index (χ4v) is 7.32. The highest BCUT2D eigenvalue weighted by atomic mass is 31.2. The summed E-state index contributed by atoms with van der Waals surface area (Å²) < 4.78 is 33.9. The molecule has 2 atom stereocenters. The minimum Gasteiger partial charge on any atom is -0.756 e. The Bertz CT molecular complexity index is 969. The predicted molar refractivity (Wildman–Crippen MR) is 231 cm³/mol. The molecule has 0 saturated carbocycles. The van der Waals surface area contributed by atoms with Crippen LogP contribution < -0.4 is 4.89 Å². The fourth-order valence-electron chi connectivity index (χ4n) is 6.59. The van der Waals surface area contributed by atoms with E-state index in [0.29, 0.717) is 17.4 Å². The molecular formula is C46H90NO8P. The summed E-state index contributed by atoms with van der Waals surface area (Å²) >= 11 is 0. The second kappa shape index (κ2) is 39.2. The third kappa shape index (κ3) is 42.4. The molecule has 0 aromatic heterocycles. The Balaban J connectivity index is 4.25. The van der Waals surface area contributed by atoms with Crippen LogP contribution in [0.5, 0.6) is 0 Å². The highest BCUT2D eigenvalue weighted by molar-refractivity contribution is 7.45. The molecule has 0 amide bonds. The molecule has 0 heterocycles. The molecule has 0 aromatic carbocycles. The van der Waals surface area contributed by atoms with Crippen LogP contribution in [0.25, 0.3) is 0 Å². The Hall–Kier alpha value is -1.25. The first-order valence-corrected chi connectivity index (χ1v) is 24.9. The third-order valence-corrected chi connectivity index (χ3v) is 11.2. The van der Waals surface area contributed by atoms with Crippen LogP contribution in [0.3, 0.4) is 0 Å². The summed E-state index contributed by atoms with van der Waals surface area (Å²) in [5.41, 5.74) is 0. The van der Waals surface area contributed by atoms with E-state index in [2.05, 4.69) is 26.0 Å². The van der Waals surface area contributed by atoms with Gasteiger partial charge in [0.2, 0.25) is 0 Å². The Morgan fingerprint density at radius 1 is 0.536 bits per heavy atom. The van der Waals surface area contributed by atoms with Gasteiger partial charge in [-0.25, -0.2) is 0 Å². The minimum absolute atomic E-state index is 0.0293. The van der Waals surface area contributed by atoms with Crippen LogP contribution in [0.4, 0.5) is 0 Å². The largest absolute Gasteiger partial charge is 0.756 e. The number of phosphoric acid groups is 1. The normalized spacial score (nSPS) is 13.6. The number of allylic oxidation sites excluding steroid dienone is 2. The molecular weight excluding hydrogens is 725 g/mol. The first-order valence-electron chi connectivity index (χ1n) is 23.4. The zero-order chi connectivity index (χ0) is 41.4. The molecule has 0 aromatic rings. The molecule has 9 nitrogen and oxygen atoms in total. The minimum atomic E-state index is -4.62. The number of nitrogens with zero attached hydrogens (tertiary/aromatic N) is 1. The van der Waals surface area contributed by atoms with E-state index in [0.717, 1.165) is 51.4 Å². The summed E-state index contributed by atoms with van der Waals surface area (Å²) in [6, 6.07) is 0. The number of ether oxygens (including phenoxy) is 2. The van der Waals surface area contributed by atoms with E-state index < -0.39 is 26.5 Å². The van der Waals surface area contributed by atoms with Gasteiger partial charge in [-0.2, -0.15) is 0 Å². The maximum Gasteiger partial charge on any atom is 0.306 e. The molecule has 0 fully saturated rings. The molecule has 56 heavy (non-hydrogen) atoms. The van der Waals surface area contributed by atoms with E-state index in [1.54, 1.807) is 0 Å². The van der Waals surface area contributed by atoms with Crippen LogP contribution in [0.1, 0.15) is 219 Å². The van der Waals surface area contributed by atoms with Crippen molar-refractivity contribution in [2.75, 3.05) is 47.5 Å². The molecule has 0 aliphatic heterocycles. The molecule has 0 spiro atoms. The van der Waals surface area contributed by atoms with Crippen molar-refractivity contribution in [3.05, 3.63) is 12.2 Å². The molecule has 0 rings (SSSR count). The van der Waals surface area contributed by atoms with Crippen molar-refractivity contribution in [2.45, 2.75) is 225 Å². The number of unbranched alkanes of at least 4 members (excludes halogenated alkanes) is 27. The monoisotopic (exact) mass is 816 g/mol. The second-order valence-corrected chi connectivity index (χ2v) is 18.5. The number of esters is 2. The van der Waals surface area contributed by atoms with Gasteiger partial charge in [0.05, 0.1) is 27.7 Å². The van der Waals surface area contributed by atoms with E-state index in [1.807, 2.05) is 21.1 Å². The van der Waals surface area contributed by atoms with Crippen molar-refractivity contribution < 1.29 is 42.1 Å². The Morgan fingerprint density at radius 3 is 1.34 bits per heavy atom. The molecule has 1 unspecified atom stereocenters. The van der Waals surface area contributed by atoms with Crippen molar-refractivity contribution in [3.63, 3.8) is 0 Å². The lowest BCUT2D eigenvalue weighted by Gasteiger charge is -2.28. The number of hydrogen-bond donors (Lipinski definition) is 0. The average Bonchev–Trinajstić information content (AvgIpc) is 3.15. The van der Waals surface area contributed by atoms with Gasteiger partial charge in [0, 0.05) is 12.8 Å². The van der Waals surface area contributed by atoms with Crippen LogP contribution in [0.15, 0.2) is 12.2 Å². The van der Waals surface area contributed by atoms with Gasteiger partial charge < -0.3 is 27.9 Å². The lowest BCUT2D eigenvalue weighted by atomic mass is 10.0. The van der Waals surface area contributed by atoms with Crippen LogP contribution >= 0.6 is 7.82 Å². The number of phosphoric ester groups is 1. The van der Waals surface area contributed by atoms with E-state index in [4.69, 9.17) is 18.5 Å². The van der Waals surface area contributed by atoms with Gasteiger partial charge >= 0.3 is 11.9 Å². The van der Waals surface area contributed by atoms with Gasteiger partial charge in [-0.05, 0) is 38.5 Å². The molecule has 332 valence electrons. The lowest BCUT2D eigenvalue weighted by Crippen LogP contribution is -2.37. The van der Waals surface area contributed by atoms with Gasteiger partial charge in [0.15, 0.2) is 6.10 Å². The van der Waals surface area contributed by atoms with Gasteiger partial charge in [-0.1, -0.05) is 180 Å². The number of carbonyl (C=O) groups excluding carboxylic acids is 2. The number of rotatable bonds is 43. The third-order valence-electron chi connectivity index (χ3n) is 10.3. The summed E-state index contributed by atoms with van der Waals surface area (Å²) in [5, 5.41) is 0. The summed E-state index contributed by atoms with van der Waals surface area (Å²) in [4.78, 5) is 37.5. The van der Waals surface area contributed by atoms with E-state index >= 15 is 0 Å². The number of likely N-dealkylation sites (N-methyl/N-ethyl adjacent to an activating group) is 1. The Morgan fingerprint density at radius 2 is 0.911 bits per heavy atom. The summed E-state index contributed by atoms with van der Waals surface area (Å²) in [6.07, 6.45) is 40.9. The number of quaternary nitrogens is 1. The first-order chi connectivity index (χ1) is 27.0. The SMILES string of the molecule is CCCCCC/C=C\CCCCCCCC(=O)O[C@H](COC(=O)CCCCCCCCCCCCCCCCCCCCC)COP(=O)([O-])OCC[N+](C)(C)C. The maximum atomic E-state index is 12.7. The molecule has 0 radical (unpaired) electrons. The van der Waals surface area contributed by atoms with Gasteiger partial charge in [-0.15, -0.1) is 0 Å². The summed E-state index contributed by atoms with van der Waals surface area (Å²) in [7, 11) is 1.17.